The molecule has 4 heteroatoms. The summed E-state index contributed by atoms with van der Waals surface area (Å²) >= 11 is 0. The summed E-state index contributed by atoms with van der Waals surface area (Å²) in [6.45, 7) is 12.4. The molecule has 1 aromatic rings. The second kappa shape index (κ2) is 14.1. The van der Waals surface area contributed by atoms with E-state index in [-0.39, 0.29) is 11.9 Å². The van der Waals surface area contributed by atoms with Crippen LogP contribution in [0.3, 0.4) is 0 Å². The maximum Gasteiger partial charge on any atom is 0.332 e. The lowest BCUT2D eigenvalue weighted by Crippen LogP contribution is -1.98. The Morgan fingerprint density at radius 1 is 1.24 bits per heavy atom. The van der Waals surface area contributed by atoms with Gasteiger partial charge in [0.2, 0.25) is 0 Å². The molecule has 0 saturated heterocycles. The van der Waals surface area contributed by atoms with Crippen LogP contribution in [0.15, 0.2) is 55.1 Å². The molecule has 0 bridgehead atoms. The quantitative estimate of drug-likeness (QED) is 0.632. The molecule has 0 N–H and O–H groups in total. The van der Waals surface area contributed by atoms with Crippen LogP contribution in [-0.4, -0.2) is 25.7 Å². The van der Waals surface area contributed by atoms with E-state index in [4.69, 9.17) is 0 Å². The third-order valence-corrected chi connectivity index (χ3v) is 1.93. The minimum atomic E-state index is -0.359. The average molecular weight is 292 g/mol. The maximum absolute atomic E-state index is 10.2. The van der Waals surface area contributed by atoms with Gasteiger partial charge in [0.15, 0.2) is 0 Å². The highest BCUT2D eigenvalue weighted by Crippen LogP contribution is 1.92. The Morgan fingerprint density at radius 2 is 1.76 bits per heavy atom. The van der Waals surface area contributed by atoms with Gasteiger partial charge in [-0.25, -0.2) is 9.59 Å². The van der Waals surface area contributed by atoms with E-state index in [0.29, 0.717) is 12.2 Å². The van der Waals surface area contributed by atoms with Crippen molar-refractivity contribution in [1.82, 2.24) is 0 Å². The molecule has 0 atom stereocenters. The molecule has 0 amide bonds. The number of hydrogen-bond donors (Lipinski definition) is 0. The number of rotatable bonds is 3. The van der Waals surface area contributed by atoms with Crippen molar-refractivity contribution < 1.29 is 19.1 Å². The topological polar surface area (TPSA) is 52.6 Å². The first-order valence-corrected chi connectivity index (χ1v) is 6.43. The average Bonchev–Trinajstić information content (AvgIpc) is 2.48. The minimum Gasteiger partial charge on any atom is -0.466 e. The summed E-state index contributed by atoms with van der Waals surface area (Å²) in [5.41, 5.74) is 1.75. The van der Waals surface area contributed by atoms with E-state index < -0.39 is 0 Å². The lowest BCUT2D eigenvalue weighted by molar-refractivity contribution is -0.137. The number of hydrogen-bond acceptors (Lipinski definition) is 4. The van der Waals surface area contributed by atoms with Crippen LogP contribution in [0.2, 0.25) is 0 Å². The fourth-order valence-corrected chi connectivity index (χ4v) is 0.910. The minimum absolute atomic E-state index is 0.347. The van der Waals surface area contributed by atoms with Crippen LogP contribution in [0.5, 0.6) is 0 Å². The van der Waals surface area contributed by atoms with E-state index in [9.17, 15) is 9.59 Å². The van der Waals surface area contributed by atoms with Crippen molar-refractivity contribution in [1.29, 1.82) is 0 Å². The van der Waals surface area contributed by atoms with E-state index in [1.807, 2.05) is 18.2 Å². The number of aryl methyl sites for hydroxylation is 1. The highest BCUT2D eigenvalue weighted by Gasteiger charge is 1.95. The third kappa shape index (κ3) is 15.6. The highest BCUT2D eigenvalue weighted by molar-refractivity contribution is 5.86. The molecule has 21 heavy (non-hydrogen) atoms. The summed E-state index contributed by atoms with van der Waals surface area (Å²) in [5.74, 6) is -0.706. The molecule has 0 fully saturated rings. The lowest BCUT2D eigenvalue weighted by Gasteiger charge is -1.91. The molecule has 4 nitrogen and oxygen atoms in total. The summed E-state index contributed by atoms with van der Waals surface area (Å²) in [6, 6.07) is 10.3. The van der Waals surface area contributed by atoms with E-state index in [1.165, 1.54) is 12.7 Å². The predicted molar refractivity (Wildman–Crippen MR) is 84.8 cm³/mol. The van der Waals surface area contributed by atoms with Crippen LogP contribution < -0.4 is 0 Å². The SMILES string of the molecule is C=C(C)C(=O)OC.C=CC(=O)OCC.Cc1ccccc1. The van der Waals surface area contributed by atoms with Crippen LogP contribution in [-0.2, 0) is 19.1 Å². The van der Waals surface area contributed by atoms with Crippen molar-refractivity contribution in [3.8, 4) is 0 Å². The van der Waals surface area contributed by atoms with Gasteiger partial charge in [0, 0.05) is 11.6 Å². The number of carbonyl (C=O) groups excluding carboxylic acids is 2. The molecule has 0 aliphatic carbocycles. The highest BCUT2D eigenvalue weighted by atomic mass is 16.5. The molecule has 0 aliphatic heterocycles. The number of ether oxygens (including phenoxy) is 2. The maximum atomic E-state index is 10.2. The Hall–Kier alpha value is -2.36. The zero-order valence-corrected chi connectivity index (χ0v) is 13.2. The second-order valence-corrected chi connectivity index (χ2v) is 3.88. The summed E-state index contributed by atoms with van der Waals surface area (Å²) in [4.78, 5) is 20.3. The Kier molecular flexibility index (Phi) is 14.0. The molecular weight excluding hydrogens is 268 g/mol. The molecular formula is C17H24O4. The molecule has 0 aromatic heterocycles. The Balaban J connectivity index is 0. The molecule has 116 valence electrons. The smallest absolute Gasteiger partial charge is 0.332 e. The van der Waals surface area contributed by atoms with E-state index in [2.05, 4.69) is 41.7 Å². The Bertz CT molecular complexity index is 433. The Labute approximate surface area is 127 Å². The first-order chi connectivity index (χ1) is 9.88. The van der Waals surface area contributed by atoms with Crippen LogP contribution in [0.4, 0.5) is 0 Å². The Morgan fingerprint density at radius 3 is 1.90 bits per heavy atom. The molecule has 0 unspecified atom stereocenters. The summed E-state index contributed by atoms with van der Waals surface area (Å²) < 4.78 is 8.71. The van der Waals surface area contributed by atoms with Crippen LogP contribution >= 0.6 is 0 Å². The monoisotopic (exact) mass is 292 g/mol. The number of methoxy groups -OCH3 is 1. The van der Waals surface area contributed by atoms with Gasteiger partial charge < -0.3 is 9.47 Å². The van der Waals surface area contributed by atoms with Gasteiger partial charge in [-0.15, -0.1) is 0 Å². The molecule has 0 radical (unpaired) electrons. The van der Waals surface area contributed by atoms with Gasteiger partial charge in [0.25, 0.3) is 0 Å². The van der Waals surface area contributed by atoms with E-state index >= 15 is 0 Å². The van der Waals surface area contributed by atoms with Crippen molar-refractivity contribution in [3.63, 3.8) is 0 Å². The lowest BCUT2D eigenvalue weighted by atomic mass is 10.2. The zero-order chi connectivity index (χ0) is 16.7. The van der Waals surface area contributed by atoms with Gasteiger partial charge in [0.05, 0.1) is 13.7 Å². The summed E-state index contributed by atoms with van der Waals surface area (Å²) in [6.07, 6.45) is 1.14. The molecule has 0 spiro atoms. The molecule has 0 heterocycles. The van der Waals surface area contributed by atoms with Gasteiger partial charge in [-0.2, -0.15) is 0 Å². The summed E-state index contributed by atoms with van der Waals surface area (Å²) in [5, 5.41) is 0. The van der Waals surface area contributed by atoms with Gasteiger partial charge in [-0.1, -0.05) is 49.1 Å². The second-order valence-electron chi connectivity index (χ2n) is 3.88. The standard InChI is InChI=1S/C7H8.2C5H8O2/c1-7-5-3-2-4-6-7;1-4(2)5(6)7-3;1-3-5(6)7-4-2/h2-6H,1H3;1H2,2-3H3;3H,1,4H2,2H3. The van der Waals surface area contributed by atoms with Gasteiger partial charge in [-0.05, 0) is 20.8 Å². The van der Waals surface area contributed by atoms with Crippen molar-refractivity contribution in [2.75, 3.05) is 13.7 Å². The fraction of sp³-hybridized carbons (Fsp3) is 0.294. The summed E-state index contributed by atoms with van der Waals surface area (Å²) in [7, 11) is 1.33. The van der Waals surface area contributed by atoms with Crippen LogP contribution in [0, 0.1) is 6.92 Å². The van der Waals surface area contributed by atoms with Gasteiger partial charge >= 0.3 is 11.9 Å². The molecule has 1 aromatic carbocycles. The van der Waals surface area contributed by atoms with Crippen molar-refractivity contribution >= 4 is 11.9 Å². The van der Waals surface area contributed by atoms with E-state index in [0.717, 1.165) is 6.08 Å². The first kappa shape index (κ1) is 20.9. The van der Waals surface area contributed by atoms with E-state index in [1.54, 1.807) is 13.8 Å². The van der Waals surface area contributed by atoms with Crippen LogP contribution in [0.1, 0.15) is 19.4 Å². The number of esters is 2. The van der Waals surface area contributed by atoms with Gasteiger partial charge in [-0.3, -0.25) is 0 Å². The van der Waals surface area contributed by atoms with Gasteiger partial charge in [0.1, 0.15) is 0 Å². The van der Waals surface area contributed by atoms with Crippen molar-refractivity contribution in [2.45, 2.75) is 20.8 Å². The number of benzene rings is 1. The molecule has 0 saturated carbocycles. The fourth-order valence-electron chi connectivity index (χ4n) is 0.910. The number of carbonyl (C=O) groups is 2. The molecule has 0 aliphatic rings. The normalized spacial score (nSPS) is 8.00. The predicted octanol–water partition coefficient (Wildman–Crippen LogP) is 3.47. The first-order valence-electron chi connectivity index (χ1n) is 6.43. The van der Waals surface area contributed by atoms with Crippen molar-refractivity contribution in [3.05, 3.63) is 60.7 Å². The molecule has 1 rings (SSSR count). The van der Waals surface area contributed by atoms with Crippen molar-refractivity contribution in [2.24, 2.45) is 0 Å². The zero-order valence-electron chi connectivity index (χ0n) is 13.2. The third-order valence-electron chi connectivity index (χ3n) is 1.93. The largest absolute Gasteiger partial charge is 0.466 e. The van der Waals surface area contributed by atoms with Crippen LogP contribution in [0.25, 0.3) is 0 Å².